The number of rotatable bonds is 5. The van der Waals surface area contributed by atoms with Gasteiger partial charge in [-0.3, -0.25) is 0 Å². The lowest BCUT2D eigenvalue weighted by atomic mass is 10.4. The normalized spacial score (nSPS) is 19.1. The lowest BCUT2D eigenvalue weighted by Crippen LogP contribution is -2.06. The number of hydrogen-bond donors (Lipinski definition) is 2. The van der Waals surface area contributed by atoms with Gasteiger partial charge in [-0.1, -0.05) is 0 Å². The fraction of sp³-hybridized carbons (Fsp3) is 0.600. The Labute approximate surface area is 92.3 Å². The van der Waals surface area contributed by atoms with Crippen LogP contribution in [0.15, 0.2) is 16.5 Å². The molecular formula is C10H14O6. The predicted octanol–water partition coefficient (Wildman–Crippen LogP) is 0.325. The minimum absolute atomic E-state index is 0.0492. The van der Waals surface area contributed by atoms with Gasteiger partial charge >= 0.3 is 0 Å². The van der Waals surface area contributed by atoms with Crippen molar-refractivity contribution in [2.75, 3.05) is 26.4 Å². The van der Waals surface area contributed by atoms with E-state index in [-0.39, 0.29) is 19.0 Å². The summed E-state index contributed by atoms with van der Waals surface area (Å²) in [5.74, 6) is 0.765. The van der Waals surface area contributed by atoms with Crippen molar-refractivity contribution in [3.8, 4) is 0 Å². The maximum absolute atomic E-state index is 9.50. The first-order chi connectivity index (χ1) is 7.81. The van der Waals surface area contributed by atoms with Crippen LogP contribution in [0.4, 0.5) is 0 Å². The summed E-state index contributed by atoms with van der Waals surface area (Å²) in [5.41, 5.74) is 0. The number of hydrogen-bond acceptors (Lipinski definition) is 6. The van der Waals surface area contributed by atoms with E-state index < -0.39 is 12.6 Å². The van der Waals surface area contributed by atoms with E-state index in [1.54, 1.807) is 12.1 Å². The molecule has 1 unspecified atom stereocenters. The molecule has 1 aliphatic rings. The van der Waals surface area contributed by atoms with Gasteiger partial charge in [0.25, 0.3) is 0 Å². The number of aliphatic hydroxyl groups excluding tert-OH is 2. The Hall–Kier alpha value is -0.920. The summed E-state index contributed by atoms with van der Waals surface area (Å²) in [6.07, 6.45) is -1.68. The monoisotopic (exact) mass is 230 g/mol. The first-order valence-electron chi connectivity index (χ1n) is 5.04. The maximum atomic E-state index is 9.50. The van der Waals surface area contributed by atoms with E-state index >= 15 is 0 Å². The summed E-state index contributed by atoms with van der Waals surface area (Å²) in [5, 5.41) is 18.0. The summed E-state index contributed by atoms with van der Waals surface area (Å²) in [7, 11) is 0. The lowest BCUT2D eigenvalue weighted by molar-refractivity contribution is -0.125. The van der Waals surface area contributed by atoms with Crippen molar-refractivity contribution in [1.29, 1.82) is 0 Å². The largest absolute Gasteiger partial charge is 0.455 e. The highest BCUT2D eigenvalue weighted by Gasteiger charge is 2.23. The minimum Gasteiger partial charge on any atom is -0.455 e. The van der Waals surface area contributed by atoms with Crippen LogP contribution in [0.3, 0.4) is 0 Å². The van der Waals surface area contributed by atoms with Crippen LogP contribution >= 0.6 is 0 Å². The van der Waals surface area contributed by atoms with Gasteiger partial charge in [0.2, 0.25) is 12.6 Å². The van der Waals surface area contributed by atoms with E-state index in [0.717, 1.165) is 0 Å². The van der Waals surface area contributed by atoms with Crippen molar-refractivity contribution in [2.24, 2.45) is 0 Å². The van der Waals surface area contributed by atoms with E-state index in [2.05, 4.69) is 0 Å². The average Bonchev–Trinajstić information content (AvgIpc) is 2.94. The SMILES string of the molecule is OCCOC(O)c1ccc(C2OCCO2)o1. The summed E-state index contributed by atoms with van der Waals surface area (Å²) >= 11 is 0. The molecule has 6 nitrogen and oxygen atoms in total. The van der Waals surface area contributed by atoms with Crippen molar-refractivity contribution >= 4 is 0 Å². The molecule has 0 aromatic carbocycles. The van der Waals surface area contributed by atoms with Crippen molar-refractivity contribution in [2.45, 2.75) is 12.6 Å². The third-order valence-corrected chi connectivity index (χ3v) is 2.11. The topological polar surface area (TPSA) is 81.3 Å². The molecule has 1 aliphatic heterocycles. The molecule has 1 fully saturated rings. The summed E-state index contributed by atoms with van der Waals surface area (Å²) in [6, 6.07) is 3.25. The molecule has 0 saturated carbocycles. The van der Waals surface area contributed by atoms with Crippen LogP contribution in [0.1, 0.15) is 24.1 Å². The van der Waals surface area contributed by atoms with Gasteiger partial charge < -0.3 is 28.8 Å². The zero-order valence-electron chi connectivity index (χ0n) is 8.67. The molecule has 0 radical (unpaired) electrons. The molecule has 90 valence electrons. The molecular weight excluding hydrogens is 216 g/mol. The molecule has 0 spiro atoms. The van der Waals surface area contributed by atoms with Crippen molar-refractivity contribution in [3.05, 3.63) is 23.7 Å². The smallest absolute Gasteiger partial charge is 0.217 e. The van der Waals surface area contributed by atoms with Crippen LogP contribution in [-0.2, 0) is 14.2 Å². The molecule has 16 heavy (non-hydrogen) atoms. The zero-order valence-corrected chi connectivity index (χ0v) is 8.67. The summed E-state index contributed by atoms with van der Waals surface area (Å²) < 4.78 is 20.7. The van der Waals surface area contributed by atoms with E-state index in [4.69, 9.17) is 23.7 Å². The average molecular weight is 230 g/mol. The van der Waals surface area contributed by atoms with E-state index in [1.165, 1.54) is 0 Å². The van der Waals surface area contributed by atoms with Crippen LogP contribution in [0, 0.1) is 0 Å². The number of aliphatic hydroxyl groups is 2. The van der Waals surface area contributed by atoms with E-state index in [9.17, 15) is 5.11 Å². The molecule has 1 saturated heterocycles. The van der Waals surface area contributed by atoms with Crippen molar-refractivity contribution in [3.63, 3.8) is 0 Å². The Balaban J connectivity index is 1.95. The first-order valence-corrected chi connectivity index (χ1v) is 5.04. The van der Waals surface area contributed by atoms with Crippen molar-refractivity contribution in [1.82, 2.24) is 0 Å². The Morgan fingerprint density at radius 1 is 1.38 bits per heavy atom. The number of furan rings is 1. The maximum Gasteiger partial charge on any atom is 0.217 e. The Morgan fingerprint density at radius 3 is 2.81 bits per heavy atom. The van der Waals surface area contributed by atoms with Gasteiger partial charge in [-0.25, -0.2) is 0 Å². The third kappa shape index (κ3) is 2.60. The molecule has 2 N–H and O–H groups in total. The standard InChI is InChI=1S/C10H14O6/c11-3-4-13-9(12)7-1-2-8(16-7)10-14-5-6-15-10/h1-2,9-12H,3-6H2. The van der Waals surface area contributed by atoms with Gasteiger partial charge in [0, 0.05) is 0 Å². The fourth-order valence-electron chi connectivity index (χ4n) is 1.40. The zero-order chi connectivity index (χ0) is 11.4. The third-order valence-electron chi connectivity index (χ3n) is 2.11. The Bertz CT molecular complexity index is 317. The highest BCUT2D eigenvalue weighted by molar-refractivity contribution is 5.09. The second-order valence-electron chi connectivity index (χ2n) is 3.26. The van der Waals surface area contributed by atoms with Gasteiger partial charge in [-0.15, -0.1) is 0 Å². The van der Waals surface area contributed by atoms with Crippen LogP contribution in [-0.4, -0.2) is 36.6 Å². The second kappa shape index (κ2) is 5.42. The van der Waals surface area contributed by atoms with Crippen LogP contribution in [0.2, 0.25) is 0 Å². The molecule has 0 aliphatic carbocycles. The van der Waals surface area contributed by atoms with E-state index in [0.29, 0.717) is 19.0 Å². The molecule has 1 aromatic rings. The Kier molecular flexibility index (Phi) is 3.92. The van der Waals surface area contributed by atoms with Gasteiger partial charge in [-0.05, 0) is 12.1 Å². The van der Waals surface area contributed by atoms with E-state index in [1.807, 2.05) is 0 Å². The Morgan fingerprint density at radius 2 is 2.12 bits per heavy atom. The van der Waals surface area contributed by atoms with Gasteiger partial charge in [0.1, 0.15) is 0 Å². The van der Waals surface area contributed by atoms with Crippen LogP contribution < -0.4 is 0 Å². The lowest BCUT2D eigenvalue weighted by Gasteiger charge is -2.08. The van der Waals surface area contributed by atoms with Crippen LogP contribution in [0.5, 0.6) is 0 Å². The van der Waals surface area contributed by atoms with Gasteiger partial charge in [-0.2, -0.15) is 0 Å². The fourth-order valence-corrected chi connectivity index (χ4v) is 1.40. The van der Waals surface area contributed by atoms with Crippen molar-refractivity contribution < 1.29 is 28.8 Å². The predicted molar refractivity (Wildman–Crippen MR) is 51.4 cm³/mol. The number of ether oxygens (including phenoxy) is 3. The summed E-state index contributed by atoms with van der Waals surface area (Å²) in [4.78, 5) is 0. The highest BCUT2D eigenvalue weighted by Crippen LogP contribution is 2.27. The molecule has 2 heterocycles. The summed E-state index contributed by atoms with van der Waals surface area (Å²) in [6.45, 7) is 0.960. The second-order valence-corrected chi connectivity index (χ2v) is 3.26. The van der Waals surface area contributed by atoms with Gasteiger partial charge in [0.05, 0.1) is 26.4 Å². The van der Waals surface area contributed by atoms with Gasteiger partial charge in [0.15, 0.2) is 11.5 Å². The highest BCUT2D eigenvalue weighted by atomic mass is 16.7. The quantitative estimate of drug-likeness (QED) is 0.709. The van der Waals surface area contributed by atoms with Crippen LogP contribution in [0.25, 0.3) is 0 Å². The molecule has 0 amide bonds. The molecule has 1 aromatic heterocycles. The molecule has 2 rings (SSSR count). The molecule has 1 atom stereocenters. The first kappa shape index (κ1) is 11.6. The molecule has 0 bridgehead atoms. The minimum atomic E-state index is -1.18. The molecule has 6 heteroatoms.